The number of hydrogen-bond acceptors (Lipinski definition) is 2. The Morgan fingerprint density at radius 3 is 2.69 bits per heavy atom. The van der Waals surface area contributed by atoms with Crippen molar-refractivity contribution in [2.24, 2.45) is 5.41 Å². The van der Waals surface area contributed by atoms with E-state index in [1.54, 1.807) is 13.8 Å². The Morgan fingerprint density at radius 1 is 1.56 bits per heavy atom. The second-order valence-electron chi connectivity index (χ2n) is 5.19. The van der Waals surface area contributed by atoms with E-state index >= 15 is 0 Å². The summed E-state index contributed by atoms with van der Waals surface area (Å²) in [6.07, 6.45) is 5.03. The lowest BCUT2D eigenvalue weighted by molar-refractivity contribution is -0.147. The highest BCUT2D eigenvalue weighted by Gasteiger charge is 2.27. The van der Waals surface area contributed by atoms with E-state index in [0.717, 1.165) is 38.9 Å². The lowest BCUT2D eigenvalue weighted by Gasteiger charge is -2.26. The van der Waals surface area contributed by atoms with Gasteiger partial charge in [-0.1, -0.05) is 18.6 Å². The van der Waals surface area contributed by atoms with Crippen molar-refractivity contribution in [1.82, 2.24) is 4.90 Å². The van der Waals surface area contributed by atoms with Gasteiger partial charge in [-0.15, -0.1) is 0 Å². The minimum Gasteiger partial charge on any atom is -0.481 e. The van der Waals surface area contributed by atoms with Crippen molar-refractivity contribution < 1.29 is 9.90 Å². The van der Waals surface area contributed by atoms with Gasteiger partial charge in [-0.3, -0.25) is 9.69 Å². The van der Waals surface area contributed by atoms with E-state index in [0.29, 0.717) is 0 Å². The Balaban J connectivity index is 2.40. The molecule has 0 aromatic rings. The lowest BCUT2D eigenvalue weighted by Crippen LogP contribution is -2.29. The average molecular weight is 225 g/mol. The first-order valence-electron chi connectivity index (χ1n) is 6.09. The van der Waals surface area contributed by atoms with E-state index in [2.05, 4.69) is 17.9 Å². The van der Waals surface area contributed by atoms with Crippen LogP contribution < -0.4 is 0 Å². The van der Waals surface area contributed by atoms with Crippen LogP contribution in [0.25, 0.3) is 0 Å². The van der Waals surface area contributed by atoms with Gasteiger partial charge in [0.05, 0.1) is 5.41 Å². The molecule has 1 aliphatic heterocycles. The van der Waals surface area contributed by atoms with Crippen molar-refractivity contribution in [3.63, 3.8) is 0 Å². The van der Waals surface area contributed by atoms with Crippen molar-refractivity contribution in [1.29, 1.82) is 0 Å². The first-order chi connectivity index (χ1) is 7.45. The fourth-order valence-corrected chi connectivity index (χ4v) is 1.85. The van der Waals surface area contributed by atoms with Crippen LogP contribution in [0, 0.1) is 5.41 Å². The number of aliphatic carboxylic acids is 1. The third-order valence-corrected chi connectivity index (χ3v) is 3.48. The highest BCUT2D eigenvalue weighted by molar-refractivity contribution is 5.73. The fraction of sp³-hybridized carbons (Fsp3) is 0.769. The Hall–Kier alpha value is -0.830. The highest BCUT2D eigenvalue weighted by atomic mass is 16.4. The summed E-state index contributed by atoms with van der Waals surface area (Å²) in [7, 11) is 0. The van der Waals surface area contributed by atoms with E-state index < -0.39 is 11.4 Å². The zero-order valence-corrected chi connectivity index (χ0v) is 10.6. The molecule has 0 bridgehead atoms. The van der Waals surface area contributed by atoms with Crippen LogP contribution in [0.1, 0.15) is 40.0 Å². The predicted molar refractivity (Wildman–Crippen MR) is 65.5 cm³/mol. The summed E-state index contributed by atoms with van der Waals surface area (Å²) in [5, 5.41) is 9.02. The van der Waals surface area contributed by atoms with E-state index in [1.165, 1.54) is 5.57 Å². The number of carboxylic acids is 1. The Bertz CT molecular complexity index is 282. The molecular weight excluding hydrogens is 202 g/mol. The summed E-state index contributed by atoms with van der Waals surface area (Å²) in [6, 6.07) is 0. The molecule has 0 aromatic carbocycles. The third kappa shape index (κ3) is 3.63. The summed E-state index contributed by atoms with van der Waals surface area (Å²) < 4.78 is 0. The van der Waals surface area contributed by atoms with E-state index in [-0.39, 0.29) is 0 Å². The van der Waals surface area contributed by atoms with Gasteiger partial charge < -0.3 is 5.11 Å². The van der Waals surface area contributed by atoms with Gasteiger partial charge >= 0.3 is 5.97 Å². The number of likely N-dealkylation sites (N-methyl/N-ethyl adjacent to an activating group) is 1. The number of nitrogens with zero attached hydrogens (tertiary/aromatic N) is 1. The molecule has 16 heavy (non-hydrogen) atoms. The fourth-order valence-electron chi connectivity index (χ4n) is 1.85. The van der Waals surface area contributed by atoms with Crippen LogP contribution in [-0.4, -0.2) is 35.6 Å². The van der Waals surface area contributed by atoms with E-state index in [4.69, 9.17) is 5.11 Å². The lowest BCUT2D eigenvalue weighted by atomic mass is 9.85. The molecule has 1 heterocycles. The molecule has 0 saturated heterocycles. The second kappa shape index (κ2) is 5.48. The van der Waals surface area contributed by atoms with Crippen molar-refractivity contribution in [2.75, 3.05) is 19.6 Å². The molecule has 0 aromatic heterocycles. The van der Waals surface area contributed by atoms with Crippen LogP contribution in [0.3, 0.4) is 0 Å². The molecule has 0 radical (unpaired) electrons. The van der Waals surface area contributed by atoms with Gasteiger partial charge in [0, 0.05) is 13.1 Å². The molecule has 92 valence electrons. The molecular formula is C13H23NO2. The van der Waals surface area contributed by atoms with E-state index in [1.807, 2.05) is 0 Å². The molecule has 0 atom stereocenters. The van der Waals surface area contributed by atoms with Crippen LogP contribution in [-0.2, 0) is 4.79 Å². The Kier molecular flexibility index (Phi) is 4.54. The zero-order valence-electron chi connectivity index (χ0n) is 10.6. The largest absolute Gasteiger partial charge is 0.481 e. The molecule has 3 heteroatoms. The maximum Gasteiger partial charge on any atom is 0.309 e. The molecule has 0 amide bonds. The van der Waals surface area contributed by atoms with Crippen LogP contribution in [0.2, 0.25) is 0 Å². The quantitative estimate of drug-likeness (QED) is 0.731. The van der Waals surface area contributed by atoms with Crippen LogP contribution >= 0.6 is 0 Å². The van der Waals surface area contributed by atoms with E-state index in [9.17, 15) is 4.79 Å². The molecule has 0 aliphatic carbocycles. The minimum atomic E-state index is -0.695. The molecule has 3 nitrogen and oxygen atoms in total. The van der Waals surface area contributed by atoms with Crippen molar-refractivity contribution in [2.45, 2.75) is 40.0 Å². The van der Waals surface area contributed by atoms with Gasteiger partial charge in [-0.05, 0) is 39.7 Å². The van der Waals surface area contributed by atoms with Crippen molar-refractivity contribution in [3.05, 3.63) is 11.6 Å². The third-order valence-electron chi connectivity index (χ3n) is 3.48. The number of carbonyl (C=O) groups is 1. The van der Waals surface area contributed by atoms with Crippen LogP contribution in [0.5, 0.6) is 0 Å². The first-order valence-corrected chi connectivity index (χ1v) is 6.09. The summed E-state index contributed by atoms with van der Waals surface area (Å²) >= 11 is 0. The van der Waals surface area contributed by atoms with Crippen molar-refractivity contribution in [3.8, 4) is 0 Å². The zero-order chi connectivity index (χ0) is 12.2. The highest BCUT2D eigenvalue weighted by Crippen LogP contribution is 2.27. The summed E-state index contributed by atoms with van der Waals surface area (Å²) in [6.45, 7) is 9.03. The number of hydrogen-bond donors (Lipinski definition) is 1. The minimum absolute atomic E-state index is 0.595. The molecule has 1 rings (SSSR count). The molecule has 0 saturated carbocycles. The topological polar surface area (TPSA) is 40.5 Å². The number of carboxylic acid groups (broad SMARTS) is 1. The number of rotatable bonds is 5. The van der Waals surface area contributed by atoms with Crippen LogP contribution in [0.4, 0.5) is 0 Å². The van der Waals surface area contributed by atoms with Crippen molar-refractivity contribution >= 4 is 5.97 Å². The molecule has 1 aliphatic rings. The SMILES string of the molecule is CCN1CC=C(CCC(C)(C)C(=O)O)CC1. The van der Waals surface area contributed by atoms with Gasteiger partial charge in [-0.25, -0.2) is 0 Å². The molecule has 1 N–H and O–H groups in total. The smallest absolute Gasteiger partial charge is 0.309 e. The maximum atomic E-state index is 11.0. The van der Waals surface area contributed by atoms with Gasteiger partial charge in [0.2, 0.25) is 0 Å². The standard InChI is InChI=1S/C13H23NO2/c1-4-14-9-6-11(7-10-14)5-8-13(2,3)12(15)16/h6H,4-5,7-10H2,1-3H3,(H,15,16). The van der Waals surface area contributed by atoms with Gasteiger partial charge in [0.15, 0.2) is 0 Å². The molecule has 0 unspecified atom stereocenters. The molecule has 0 fully saturated rings. The first kappa shape index (κ1) is 13.2. The summed E-state index contributed by atoms with van der Waals surface area (Å²) in [4.78, 5) is 13.4. The maximum absolute atomic E-state index is 11.0. The van der Waals surface area contributed by atoms with Gasteiger partial charge in [0.1, 0.15) is 0 Å². The normalized spacial score (nSPS) is 18.3. The van der Waals surface area contributed by atoms with Gasteiger partial charge in [0.25, 0.3) is 0 Å². The predicted octanol–water partition coefficient (Wildman–Crippen LogP) is 2.53. The Labute approximate surface area is 98.1 Å². The monoisotopic (exact) mass is 225 g/mol. The van der Waals surface area contributed by atoms with Gasteiger partial charge in [-0.2, -0.15) is 0 Å². The average Bonchev–Trinajstić information content (AvgIpc) is 2.27. The Morgan fingerprint density at radius 2 is 2.25 bits per heavy atom. The second-order valence-corrected chi connectivity index (χ2v) is 5.19. The summed E-state index contributed by atoms with van der Waals surface area (Å²) in [5.74, 6) is -0.695. The van der Waals surface area contributed by atoms with Crippen LogP contribution in [0.15, 0.2) is 11.6 Å². The summed E-state index contributed by atoms with van der Waals surface area (Å²) in [5.41, 5.74) is 0.835. The molecule has 0 spiro atoms.